The normalized spacial score (nSPS) is 12.7. The van der Waals surface area contributed by atoms with Crippen molar-refractivity contribution >= 4 is 0 Å². The van der Waals surface area contributed by atoms with E-state index in [1.165, 1.54) is 11.1 Å². The highest BCUT2D eigenvalue weighted by atomic mass is 16.5. The first-order chi connectivity index (χ1) is 8.72. The van der Waals surface area contributed by atoms with Gasteiger partial charge in [0.05, 0.1) is 13.2 Å². The smallest absolute Gasteiger partial charge is 0.0721 e. The van der Waals surface area contributed by atoms with Crippen LogP contribution in [0.1, 0.15) is 18.1 Å². The number of aryl methyl sites for hydroxylation is 1. The van der Waals surface area contributed by atoms with E-state index in [2.05, 4.69) is 25.1 Å². The molecule has 0 fully saturated rings. The van der Waals surface area contributed by atoms with Crippen LogP contribution in [0.15, 0.2) is 60.3 Å². The van der Waals surface area contributed by atoms with Crippen molar-refractivity contribution in [2.75, 3.05) is 6.61 Å². The summed E-state index contributed by atoms with van der Waals surface area (Å²) in [6.45, 7) is 5.19. The third-order valence-corrected chi connectivity index (χ3v) is 2.38. The van der Waals surface area contributed by atoms with Crippen LogP contribution < -0.4 is 5.73 Å². The van der Waals surface area contributed by atoms with Gasteiger partial charge < -0.3 is 10.5 Å². The zero-order chi connectivity index (χ0) is 13.2. The van der Waals surface area contributed by atoms with Gasteiger partial charge in [0.2, 0.25) is 0 Å². The van der Waals surface area contributed by atoms with Gasteiger partial charge in [0.15, 0.2) is 0 Å². The first kappa shape index (κ1) is 14.3. The molecule has 0 bridgehead atoms. The summed E-state index contributed by atoms with van der Waals surface area (Å²) >= 11 is 0. The second-order valence-electron chi connectivity index (χ2n) is 4.09. The maximum Gasteiger partial charge on any atom is 0.0721 e. The van der Waals surface area contributed by atoms with Gasteiger partial charge in [-0.25, -0.2) is 0 Å². The minimum absolute atomic E-state index is 0.528. The van der Waals surface area contributed by atoms with Gasteiger partial charge in [-0.15, -0.1) is 0 Å². The molecule has 18 heavy (non-hydrogen) atoms. The molecule has 0 atom stereocenters. The molecule has 1 rings (SSSR count). The van der Waals surface area contributed by atoms with Gasteiger partial charge in [0, 0.05) is 5.70 Å². The van der Waals surface area contributed by atoms with Crippen molar-refractivity contribution in [1.29, 1.82) is 0 Å². The van der Waals surface area contributed by atoms with E-state index in [4.69, 9.17) is 10.5 Å². The Labute approximate surface area is 109 Å². The van der Waals surface area contributed by atoms with Crippen LogP contribution in [-0.2, 0) is 11.3 Å². The lowest BCUT2D eigenvalue weighted by Gasteiger charge is -2.03. The van der Waals surface area contributed by atoms with Crippen LogP contribution in [-0.4, -0.2) is 6.61 Å². The molecule has 1 aromatic carbocycles. The summed E-state index contributed by atoms with van der Waals surface area (Å²) < 4.78 is 5.54. The van der Waals surface area contributed by atoms with Gasteiger partial charge in [0.25, 0.3) is 0 Å². The Morgan fingerprint density at radius 3 is 2.89 bits per heavy atom. The Kier molecular flexibility index (Phi) is 6.59. The van der Waals surface area contributed by atoms with Crippen molar-refractivity contribution in [3.63, 3.8) is 0 Å². The van der Waals surface area contributed by atoms with E-state index in [1.807, 2.05) is 43.4 Å². The van der Waals surface area contributed by atoms with Gasteiger partial charge in [-0.1, -0.05) is 48.1 Å². The second kappa shape index (κ2) is 8.31. The number of benzene rings is 1. The van der Waals surface area contributed by atoms with Gasteiger partial charge in [-0.3, -0.25) is 0 Å². The third kappa shape index (κ3) is 6.06. The number of allylic oxidation sites excluding steroid dienone is 4. The highest BCUT2D eigenvalue weighted by Crippen LogP contribution is 2.05. The number of rotatable bonds is 6. The Hall–Kier alpha value is -1.80. The SMILES string of the molecule is C\C=C/C=C\C(N)=C\COCc1cccc(C)c1. The van der Waals surface area contributed by atoms with Crippen molar-refractivity contribution in [2.24, 2.45) is 5.73 Å². The Bertz CT molecular complexity index is 444. The topological polar surface area (TPSA) is 35.2 Å². The molecule has 0 aliphatic heterocycles. The molecule has 0 saturated heterocycles. The molecule has 0 spiro atoms. The van der Waals surface area contributed by atoms with Crippen molar-refractivity contribution in [1.82, 2.24) is 0 Å². The molecule has 0 radical (unpaired) electrons. The fraction of sp³-hybridized carbons (Fsp3) is 0.250. The fourth-order valence-electron chi connectivity index (χ4n) is 1.48. The number of ether oxygens (including phenoxy) is 1. The van der Waals surface area contributed by atoms with Crippen LogP contribution >= 0.6 is 0 Å². The quantitative estimate of drug-likeness (QED) is 0.613. The van der Waals surface area contributed by atoms with E-state index in [9.17, 15) is 0 Å². The van der Waals surface area contributed by atoms with Crippen LogP contribution in [0.3, 0.4) is 0 Å². The van der Waals surface area contributed by atoms with Crippen molar-refractivity contribution in [3.05, 3.63) is 71.5 Å². The summed E-state index contributed by atoms with van der Waals surface area (Å²) in [5.74, 6) is 0. The number of hydrogen-bond acceptors (Lipinski definition) is 2. The second-order valence-corrected chi connectivity index (χ2v) is 4.09. The Morgan fingerprint density at radius 2 is 2.17 bits per heavy atom. The molecule has 0 aliphatic carbocycles. The Balaban J connectivity index is 2.32. The van der Waals surface area contributed by atoms with E-state index < -0.39 is 0 Å². The van der Waals surface area contributed by atoms with Crippen LogP contribution in [0.2, 0.25) is 0 Å². The lowest BCUT2D eigenvalue weighted by Crippen LogP contribution is -1.98. The summed E-state index contributed by atoms with van der Waals surface area (Å²) in [6, 6.07) is 8.30. The highest BCUT2D eigenvalue weighted by Gasteiger charge is 1.92. The zero-order valence-corrected chi connectivity index (χ0v) is 11.1. The van der Waals surface area contributed by atoms with Gasteiger partial charge in [0.1, 0.15) is 0 Å². The lowest BCUT2D eigenvalue weighted by atomic mass is 10.1. The molecule has 2 N–H and O–H groups in total. The molecular weight excluding hydrogens is 222 g/mol. The highest BCUT2D eigenvalue weighted by molar-refractivity contribution is 5.22. The molecular formula is C16H21NO. The van der Waals surface area contributed by atoms with Crippen molar-refractivity contribution in [3.8, 4) is 0 Å². The predicted octanol–water partition coefficient (Wildman–Crippen LogP) is 3.49. The number of hydrogen-bond donors (Lipinski definition) is 1. The van der Waals surface area contributed by atoms with Gasteiger partial charge in [-0.05, 0) is 31.6 Å². The first-order valence-electron chi connectivity index (χ1n) is 6.10. The van der Waals surface area contributed by atoms with Crippen LogP contribution in [0, 0.1) is 6.92 Å². The summed E-state index contributed by atoms with van der Waals surface area (Å²) in [4.78, 5) is 0. The Morgan fingerprint density at radius 1 is 1.33 bits per heavy atom. The summed E-state index contributed by atoms with van der Waals surface area (Å²) in [7, 11) is 0. The van der Waals surface area contributed by atoms with E-state index in [-0.39, 0.29) is 0 Å². The van der Waals surface area contributed by atoms with Gasteiger partial charge >= 0.3 is 0 Å². The largest absolute Gasteiger partial charge is 0.399 e. The summed E-state index contributed by atoms with van der Waals surface area (Å²) in [6.07, 6.45) is 9.53. The standard InChI is InChI=1S/C16H21NO/c1-3-4-5-9-16(17)10-11-18-13-15-8-6-7-14(2)12-15/h3-10,12H,11,13,17H2,1-2H3/b4-3-,9-5-,16-10-. The molecule has 1 aromatic rings. The summed E-state index contributed by atoms with van der Waals surface area (Å²) in [5.41, 5.74) is 8.94. The molecule has 0 aliphatic rings. The molecule has 96 valence electrons. The van der Waals surface area contributed by atoms with E-state index in [1.54, 1.807) is 0 Å². The minimum Gasteiger partial charge on any atom is -0.399 e. The summed E-state index contributed by atoms with van der Waals surface area (Å²) in [5, 5.41) is 0. The minimum atomic E-state index is 0.528. The molecule has 2 heteroatoms. The van der Waals surface area contributed by atoms with Crippen LogP contribution in [0.25, 0.3) is 0 Å². The van der Waals surface area contributed by atoms with Crippen molar-refractivity contribution < 1.29 is 4.74 Å². The zero-order valence-electron chi connectivity index (χ0n) is 11.1. The van der Waals surface area contributed by atoms with Crippen LogP contribution in [0.4, 0.5) is 0 Å². The molecule has 0 amide bonds. The first-order valence-corrected chi connectivity index (χ1v) is 6.10. The molecule has 2 nitrogen and oxygen atoms in total. The maximum atomic E-state index is 5.78. The average molecular weight is 243 g/mol. The maximum absolute atomic E-state index is 5.78. The molecule has 0 heterocycles. The monoisotopic (exact) mass is 243 g/mol. The number of nitrogens with two attached hydrogens (primary N) is 1. The average Bonchev–Trinajstić information content (AvgIpc) is 2.35. The molecule has 0 unspecified atom stereocenters. The van der Waals surface area contributed by atoms with Gasteiger partial charge in [-0.2, -0.15) is 0 Å². The van der Waals surface area contributed by atoms with E-state index in [0.717, 1.165) is 5.70 Å². The molecule has 0 saturated carbocycles. The van der Waals surface area contributed by atoms with E-state index in [0.29, 0.717) is 13.2 Å². The van der Waals surface area contributed by atoms with E-state index >= 15 is 0 Å². The molecule has 0 aromatic heterocycles. The van der Waals surface area contributed by atoms with Crippen molar-refractivity contribution in [2.45, 2.75) is 20.5 Å². The van der Waals surface area contributed by atoms with Crippen LogP contribution in [0.5, 0.6) is 0 Å². The fourth-order valence-corrected chi connectivity index (χ4v) is 1.48. The lowest BCUT2D eigenvalue weighted by molar-refractivity contribution is 0.148. The third-order valence-electron chi connectivity index (χ3n) is 2.38. The predicted molar refractivity (Wildman–Crippen MR) is 77.1 cm³/mol.